The predicted molar refractivity (Wildman–Crippen MR) is 88.0 cm³/mol. The normalized spacial score (nSPS) is 17.6. The molecule has 1 aliphatic heterocycles. The lowest BCUT2D eigenvalue weighted by molar-refractivity contribution is -0.134. The number of nitrogens with zero attached hydrogens (tertiary/aromatic N) is 1. The lowest BCUT2D eigenvalue weighted by Gasteiger charge is -2.32. The minimum atomic E-state index is -0.248. The molecule has 8 heteroatoms. The maximum Gasteiger partial charge on any atom is 0.261 e. The molecule has 0 saturated carbocycles. The van der Waals surface area contributed by atoms with E-state index in [1.807, 2.05) is 5.38 Å². The SMILES string of the molecule is NCCNC(=O)C1CCCN(C(=O)CNC(=O)c2cccs2)C1. The Hall–Kier alpha value is -1.93. The molecule has 126 valence electrons. The molecule has 0 bridgehead atoms. The molecule has 1 aromatic heterocycles. The van der Waals surface area contributed by atoms with Crippen LogP contribution in [0.2, 0.25) is 0 Å². The van der Waals surface area contributed by atoms with Crippen LogP contribution in [0.15, 0.2) is 17.5 Å². The summed E-state index contributed by atoms with van der Waals surface area (Å²) in [4.78, 5) is 38.3. The summed E-state index contributed by atoms with van der Waals surface area (Å²) < 4.78 is 0. The van der Waals surface area contributed by atoms with Crippen molar-refractivity contribution in [2.24, 2.45) is 11.7 Å². The molecule has 0 radical (unpaired) electrons. The summed E-state index contributed by atoms with van der Waals surface area (Å²) in [6.45, 7) is 1.81. The molecule has 1 aliphatic rings. The molecule has 0 aliphatic carbocycles. The van der Waals surface area contributed by atoms with E-state index < -0.39 is 0 Å². The van der Waals surface area contributed by atoms with E-state index in [1.165, 1.54) is 11.3 Å². The Balaban J connectivity index is 1.80. The van der Waals surface area contributed by atoms with E-state index in [0.717, 1.165) is 12.8 Å². The van der Waals surface area contributed by atoms with Gasteiger partial charge in [-0.25, -0.2) is 0 Å². The largest absolute Gasteiger partial charge is 0.355 e. The van der Waals surface area contributed by atoms with Gasteiger partial charge in [-0.1, -0.05) is 6.07 Å². The first-order valence-electron chi connectivity index (χ1n) is 7.69. The molecular weight excluding hydrogens is 316 g/mol. The number of carbonyl (C=O) groups excluding carboxylic acids is 3. The van der Waals surface area contributed by atoms with Crippen LogP contribution in [-0.4, -0.2) is 55.3 Å². The fourth-order valence-corrected chi connectivity index (χ4v) is 3.16. The maximum atomic E-state index is 12.2. The maximum absolute atomic E-state index is 12.2. The molecular formula is C15H22N4O3S. The number of rotatable bonds is 6. The second kappa shape index (κ2) is 8.64. The van der Waals surface area contributed by atoms with Crippen molar-refractivity contribution in [2.75, 3.05) is 32.7 Å². The zero-order chi connectivity index (χ0) is 16.7. The molecule has 1 unspecified atom stereocenters. The van der Waals surface area contributed by atoms with Crippen molar-refractivity contribution in [3.8, 4) is 0 Å². The second-order valence-electron chi connectivity index (χ2n) is 5.42. The van der Waals surface area contributed by atoms with E-state index in [1.54, 1.807) is 17.0 Å². The number of thiophene rings is 1. The van der Waals surface area contributed by atoms with Gasteiger partial charge in [0.05, 0.1) is 17.3 Å². The van der Waals surface area contributed by atoms with Gasteiger partial charge in [-0.15, -0.1) is 11.3 Å². The van der Waals surface area contributed by atoms with E-state index in [0.29, 0.717) is 31.1 Å². The molecule has 1 aromatic rings. The van der Waals surface area contributed by atoms with Crippen molar-refractivity contribution in [2.45, 2.75) is 12.8 Å². The summed E-state index contributed by atoms with van der Waals surface area (Å²) in [7, 11) is 0. The Morgan fingerprint density at radius 2 is 2.17 bits per heavy atom. The Labute approximate surface area is 139 Å². The van der Waals surface area contributed by atoms with Crippen molar-refractivity contribution in [1.82, 2.24) is 15.5 Å². The molecule has 1 saturated heterocycles. The average molecular weight is 338 g/mol. The summed E-state index contributed by atoms with van der Waals surface area (Å²) in [5.74, 6) is -0.670. The third-order valence-electron chi connectivity index (χ3n) is 3.73. The lowest BCUT2D eigenvalue weighted by atomic mass is 9.97. The van der Waals surface area contributed by atoms with Crippen LogP contribution in [0.1, 0.15) is 22.5 Å². The van der Waals surface area contributed by atoms with Gasteiger partial charge >= 0.3 is 0 Å². The summed E-state index contributed by atoms with van der Waals surface area (Å²) in [6, 6.07) is 3.50. The molecule has 0 aromatic carbocycles. The average Bonchev–Trinajstić information content (AvgIpc) is 3.12. The van der Waals surface area contributed by atoms with E-state index in [9.17, 15) is 14.4 Å². The highest BCUT2D eigenvalue weighted by Gasteiger charge is 2.28. The zero-order valence-electron chi connectivity index (χ0n) is 12.9. The minimum Gasteiger partial charge on any atom is -0.355 e. The van der Waals surface area contributed by atoms with Crippen molar-refractivity contribution in [3.05, 3.63) is 22.4 Å². The summed E-state index contributed by atoms with van der Waals surface area (Å²) in [5.41, 5.74) is 5.37. The quantitative estimate of drug-likeness (QED) is 0.667. The first kappa shape index (κ1) is 17.4. The van der Waals surface area contributed by atoms with E-state index in [-0.39, 0.29) is 30.2 Å². The molecule has 1 atom stereocenters. The predicted octanol–water partition coefficient (Wildman–Crippen LogP) is -0.209. The van der Waals surface area contributed by atoms with Crippen molar-refractivity contribution < 1.29 is 14.4 Å². The van der Waals surface area contributed by atoms with Gasteiger partial charge in [0.15, 0.2) is 0 Å². The second-order valence-corrected chi connectivity index (χ2v) is 6.37. The fraction of sp³-hybridized carbons (Fsp3) is 0.533. The van der Waals surface area contributed by atoms with Crippen LogP contribution in [-0.2, 0) is 9.59 Å². The molecule has 4 N–H and O–H groups in total. The summed E-state index contributed by atoms with van der Waals surface area (Å²) >= 11 is 1.33. The van der Waals surface area contributed by atoms with Gasteiger partial charge in [0.25, 0.3) is 5.91 Å². The van der Waals surface area contributed by atoms with Crippen molar-refractivity contribution in [3.63, 3.8) is 0 Å². The van der Waals surface area contributed by atoms with Crippen molar-refractivity contribution in [1.29, 1.82) is 0 Å². The third-order valence-corrected chi connectivity index (χ3v) is 4.60. The molecule has 7 nitrogen and oxygen atoms in total. The zero-order valence-corrected chi connectivity index (χ0v) is 13.7. The van der Waals surface area contributed by atoms with E-state index in [4.69, 9.17) is 5.73 Å². The van der Waals surface area contributed by atoms with Crippen LogP contribution in [0.4, 0.5) is 0 Å². The summed E-state index contributed by atoms with van der Waals surface area (Å²) in [5, 5.41) is 7.20. The number of hydrogen-bond acceptors (Lipinski definition) is 5. The van der Waals surface area contributed by atoms with Gasteiger partial charge in [-0.2, -0.15) is 0 Å². The number of amides is 3. The highest BCUT2D eigenvalue weighted by molar-refractivity contribution is 7.12. The van der Waals surface area contributed by atoms with Crippen molar-refractivity contribution >= 4 is 29.1 Å². The molecule has 1 fully saturated rings. The monoisotopic (exact) mass is 338 g/mol. The van der Waals surface area contributed by atoms with Crippen LogP contribution in [0.25, 0.3) is 0 Å². The molecule has 23 heavy (non-hydrogen) atoms. The van der Waals surface area contributed by atoms with E-state index in [2.05, 4.69) is 10.6 Å². The van der Waals surface area contributed by atoms with Gasteiger partial charge in [0, 0.05) is 26.2 Å². The number of nitrogens with two attached hydrogens (primary N) is 1. The Morgan fingerprint density at radius 1 is 1.35 bits per heavy atom. The smallest absolute Gasteiger partial charge is 0.261 e. The first-order chi connectivity index (χ1) is 11.1. The number of carbonyl (C=O) groups is 3. The van der Waals surface area contributed by atoms with E-state index >= 15 is 0 Å². The number of nitrogens with one attached hydrogen (secondary N) is 2. The molecule has 0 spiro atoms. The Morgan fingerprint density at radius 3 is 2.87 bits per heavy atom. The third kappa shape index (κ3) is 5.04. The standard InChI is InChI=1S/C15H22N4O3S/c16-5-6-17-14(21)11-3-1-7-19(10-11)13(20)9-18-15(22)12-4-2-8-23-12/h2,4,8,11H,1,3,5-7,9-10,16H2,(H,17,21)(H,18,22). The topological polar surface area (TPSA) is 105 Å². The van der Waals surface area contributed by atoms with Gasteiger partial charge in [0.1, 0.15) is 0 Å². The van der Waals surface area contributed by atoms with Gasteiger partial charge in [0.2, 0.25) is 11.8 Å². The fourth-order valence-electron chi connectivity index (χ4n) is 2.52. The number of hydrogen-bond donors (Lipinski definition) is 3. The highest BCUT2D eigenvalue weighted by Crippen LogP contribution is 2.16. The Kier molecular flexibility index (Phi) is 6.54. The van der Waals surface area contributed by atoms with Crippen LogP contribution in [0.5, 0.6) is 0 Å². The minimum absolute atomic E-state index is 0.0477. The lowest BCUT2D eigenvalue weighted by Crippen LogP contribution is -2.48. The Bertz CT molecular complexity index is 547. The van der Waals surface area contributed by atoms with Crippen LogP contribution in [0.3, 0.4) is 0 Å². The molecule has 2 rings (SSSR count). The molecule has 2 heterocycles. The number of likely N-dealkylation sites (tertiary alicyclic amines) is 1. The van der Waals surface area contributed by atoms with Crippen LogP contribution in [0, 0.1) is 5.92 Å². The highest BCUT2D eigenvalue weighted by atomic mass is 32.1. The van der Waals surface area contributed by atoms with Gasteiger partial charge in [-0.3, -0.25) is 14.4 Å². The van der Waals surface area contributed by atoms with Gasteiger partial charge < -0.3 is 21.3 Å². The first-order valence-corrected chi connectivity index (χ1v) is 8.57. The van der Waals surface area contributed by atoms with Gasteiger partial charge in [-0.05, 0) is 24.3 Å². The molecule has 3 amide bonds. The summed E-state index contributed by atoms with van der Waals surface area (Å²) in [6.07, 6.45) is 1.55. The van der Waals surface area contributed by atoms with Crippen LogP contribution >= 0.6 is 11.3 Å². The van der Waals surface area contributed by atoms with Crippen LogP contribution < -0.4 is 16.4 Å². The number of piperidine rings is 1.